The van der Waals surface area contributed by atoms with Crippen molar-refractivity contribution in [3.8, 4) is 11.3 Å². The Balaban J connectivity index is 1.92. The average molecular weight is 321 g/mol. The Kier molecular flexibility index (Phi) is 4.33. The van der Waals surface area contributed by atoms with Crippen LogP contribution >= 0.6 is 0 Å². The molecule has 3 aromatic rings. The van der Waals surface area contributed by atoms with E-state index in [1.165, 1.54) is 0 Å². The van der Waals surface area contributed by atoms with Gasteiger partial charge in [-0.15, -0.1) is 0 Å². The van der Waals surface area contributed by atoms with Crippen LogP contribution in [0, 0.1) is 0 Å². The third-order valence-corrected chi connectivity index (χ3v) is 3.36. The zero-order chi connectivity index (χ0) is 16.9. The quantitative estimate of drug-likeness (QED) is 0.683. The van der Waals surface area contributed by atoms with Gasteiger partial charge in [0.1, 0.15) is 5.69 Å². The van der Waals surface area contributed by atoms with Gasteiger partial charge in [0, 0.05) is 30.6 Å². The van der Waals surface area contributed by atoms with Gasteiger partial charge in [0.05, 0.1) is 5.69 Å². The fourth-order valence-electron chi connectivity index (χ4n) is 2.15. The molecule has 0 bridgehead atoms. The first-order valence-electron chi connectivity index (χ1n) is 7.27. The number of anilines is 2. The third-order valence-electron chi connectivity index (χ3n) is 3.36. The van der Waals surface area contributed by atoms with Crippen molar-refractivity contribution in [3.63, 3.8) is 0 Å². The molecular formula is C17H15N5O2. The Morgan fingerprint density at radius 1 is 1.17 bits per heavy atom. The van der Waals surface area contributed by atoms with Crippen molar-refractivity contribution in [2.45, 2.75) is 0 Å². The summed E-state index contributed by atoms with van der Waals surface area (Å²) in [5.74, 6) is 0.116. The van der Waals surface area contributed by atoms with Crippen molar-refractivity contribution in [1.29, 1.82) is 0 Å². The number of amides is 1. The Hall–Kier alpha value is -3.48. The Morgan fingerprint density at radius 3 is 2.71 bits per heavy atom. The summed E-state index contributed by atoms with van der Waals surface area (Å²) in [5.41, 5.74) is 1.54. The normalized spacial score (nSPS) is 10.2. The van der Waals surface area contributed by atoms with Crippen LogP contribution < -0.4 is 16.2 Å². The lowest BCUT2D eigenvalue weighted by atomic mass is 10.2. The molecule has 2 aromatic heterocycles. The van der Waals surface area contributed by atoms with E-state index in [-0.39, 0.29) is 17.2 Å². The largest absolute Gasteiger partial charge is 0.357 e. The molecule has 0 unspecified atom stereocenters. The van der Waals surface area contributed by atoms with Crippen LogP contribution in [-0.4, -0.2) is 27.9 Å². The molecule has 7 nitrogen and oxygen atoms in total. The molecule has 0 spiro atoms. The number of carbonyl (C=O) groups is 1. The summed E-state index contributed by atoms with van der Waals surface area (Å²) in [7, 11) is 1.72. The molecule has 2 heterocycles. The summed E-state index contributed by atoms with van der Waals surface area (Å²) in [6, 6.07) is 12.0. The molecule has 0 radical (unpaired) electrons. The Labute approximate surface area is 137 Å². The Morgan fingerprint density at radius 2 is 1.96 bits per heavy atom. The van der Waals surface area contributed by atoms with Crippen LogP contribution in [-0.2, 0) is 0 Å². The van der Waals surface area contributed by atoms with Gasteiger partial charge in [0.2, 0.25) is 5.95 Å². The predicted molar refractivity (Wildman–Crippen MR) is 92.0 cm³/mol. The standard InChI is InChI=1S/C17H15N5O2/c1-18-17-19-8-7-13(22-17)12-9-14(16(24)20-10-12)21-15(23)11-5-3-2-4-6-11/h2-10H,1H3,(H,20,24)(H,21,23)(H,18,19,22). The second kappa shape index (κ2) is 6.74. The third kappa shape index (κ3) is 3.30. The maximum Gasteiger partial charge on any atom is 0.271 e. The van der Waals surface area contributed by atoms with Crippen molar-refractivity contribution in [3.05, 3.63) is 70.8 Å². The van der Waals surface area contributed by atoms with E-state index in [1.807, 2.05) is 6.07 Å². The van der Waals surface area contributed by atoms with E-state index in [0.29, 0.717) is 22.8 Å². The Bertz CT molecular complexity index is 922. The summed E-state index contributed by atoms with van der Waals surface area (Å²) in [6.07, 6.45) is 3.16. The molecule has 0 saturated heterocycles. The average Bonchev–Trinajstić information content (AvgIpc) is 2.64. The number of pyridine rings is 1. The molecule has 1 aromatic carbocycles. The SMILES string of the molecule is CNc1nccc(-c2c[nH]c(=O)c(NC(=O)c3ccccc3)c2)n1. The van der Waals surface area contributed by atoms with Crippen LogP contribution in [0.2, 0.25) is 0 Å². The van der Waals surface area contributed by atoms with Crippen molar-refractivity contribution in [2.24, 2.45) is 0 Å². The van der Waals surface area contributed by atoms with Crippen LogP contribution in [0.5, 0.6) is 0 Å². The molecule has 0 fully saturated rings. The number of benzene rings is 1. The molecule has 0 aliphatic carbocycles. The van der Waals surface area contributed by atoms with E-state index in [0.717, 1.165) is 0 Å². The minimum atomic E-state index is -0.383. The number of H-pyrrole nitrogens is 1. The lowest BCUT2D eigenvalue weighted by Crippen LogP contribution is -2.19. The highest BCUT2D eigenvalue weighted by molar-refractivity contribution is 6.04. The highest BCUT2D eigenvalue weighted by atomic mass is 16.2. The summed E-state index contributed by atoms with van der Waals surface area (Å²) in [5, 5.41) is 5.48. The summed E-state index contributed by atoms with van der Waals surface area (Å²) in [6.45, 7) is 0. The van der Waals surface area contributed by atoms with Crippen LogP contribution in [0.4, 0.5) is 11.6 Å². The van der Waals surface area contributed by atoms with Gasteiger partial charge in [-0.05, 0) is 24.3 Å². The second-order valence-corrected chi connectivity index (χ2v) is 4.97. The number of aromatic amines is 1. The highest BCUT2D eigenvalue weighted by Gasteiger charge is 2.10. The molecular weight excluding hydrogens is 306 g/mol. The molecule has 120 valence electrons. The highest BCUT2D eigenvalue weighted by Crippen LogP contribution is 2.18. The zero-order valence-electron chi connectivity index (χ0n) is 12.9. The summed E-state index contributed by atoms with van der Waals surface area (Å²) in [4.78, 5) is 35.2. The maximum atomic E-state index is 12.2. The lowest BCUT2D eigenvalue weighted by Gasteiger charge is -2.07. The first-order valence-corrected chi connectivity index (χ1v) is 7.27. The number of hydrogen-bond donors (Lipinski definition) is 3. The smallest absolute Gasteiger partial charge is 0.271 e. The van der Waals surface area contributed by atoms with Crippen LogP contribution in [0.1, 0.15) is 10.4 Å². The van der Waals surface area contributed by atoms with Gasteiger partial charge in [-0.2, -0.15) is 0 Å². The fraction of sp³-hybridized carbons (Fsp3) is 0.0588. The first kappa shape index (κ1) is 15.4. The van der Waals surface area contributed by atoms with Crippen molar-refractivity contribution >= 4 is 17.5 Å². The lowest BCUT2D eigenvalue weighted by molar-refractivity contribution is 0.102. The zero-order valence-corrected chi connectivity index (χ0v) is 12.9. The van der Waals surface area contributed by atoms with E-state index in [2.05, 4.69) is 25.6 Å². The van der Waals surface area contributed by atoms with Gasteiger partial charge in [-0.1, -0.05) is 18.2 Å². The molecule has 0 aliphatic rings. The van der Waals surface area contributed by atoms with E-state index in [4.69, 9.17) is 0 Å². The molecule has 7 heteroatoms. The van der Waals surface area contributed by atoms with Gasteiger partial charge >= 0.3 is 0 Å². The van der Waals surface area contributed by atoms with E-state index in [1.54, 1.807) is 55.8 Å². The van der Waals surface area contributed by atoms with Crippen LogP contribution in [0.15, 0.2) is 59.7 Å². The van der Waals surface area contributed by atoms with Crippen molar-refractivity contribution < 1.29 is 4.79 Å². The topological polar surface area (TPSA) is 99.8 Å². The predicted octanol–water partition coefficient (Wildman–Crippen LogP) is 2.13. The fourth-order valence-corrected chi connectivity index (χ4v) is 2.15. The molecule has 3 N–H and O–H groups in total. The monoisotopic (exact) mass is 321 g/mol. The van der Waals surface area contributed by atoms with Gasteiger partial charge in [0.25, 0.3) is 11.5 Å². The number of aromatic nitrogens is 3. The second-order valence-electron chi connectivity index (χ2n) is 4.97. The molecule has 0 aliphatic heterocycles. The van der Waals surface area contributed by atoms with E-state index < -0.39 is 0 Å². The van der Waals surface area contributed by atoms with E-state index >= 15 is 0 Å². The minimum absolute atomic E-state index is 0.158. The molecule has 3 rings (SSSR count). The maximum absolute atomic E-state index is 12.2. The number of hydrogen-bond acceptors (Lipinski definition) is 5. The van der Waals surface area contributed by atoms with E-state index in [9.17, 15) is 9.59 Å². The molecule has 24 heavy (non-hydrogen) atoms. The summed E-state index contributed by atoms with van der Waals surface area (Å²) < 4.78 is 0. The number of nitrogens with one attached hydrogen (secondary N) is 3. The summed E-state index contributed by atoms with van der Waals surface area (Å²) >= 11 is 0. The molecule has 0 saturated carbocycles. The van der Waals surface area contributed by atoms with Crippen LogP contribution in [0.3, 0.4) is 0 Å². The molecule has 0 atom stereocenters. The van der Waals surface area contributed by atoms with Gasteiger partial charge in [-0.3, -0.25) is 9.59 Å². The molecule has 1 amide bonds. The first-order chi connectivity index (χ1) is 11.7. The number of carbonyl (C=O) groups excluding carboxylic acids is 1. The minimum Gasteiger partial charge on any atom is -0.357 e. The van der Waals surface area contributed by atoms with Crippen LogP contribution in [0.25, 0.3) is 11.3 Å². The van der Waals surface area contributed by atoms with Gasteiger partial charge < -0.3 is 15.6 Å². The van der Waals surface area contributed by atoms with Crippen molar-refractivity contribution in [2.75, 3.05) is 17.7 Å². The van der Waals surface area contributed by atoms with Crippen molar-refractivity contribution in [1.82, 2.24) is 15.0 Å². The van der Waals surface area contributed by atoms with Gasteiger partial charge in [-0.25, -0.2) is 9.97 Å². The van der Waals surface area contributed by atoms with Gasteiger partial charge in [0.15, 0.2) is 0 Å². The number of rotatable bonds is 4. The number of nitrogens with zero attached hydrogens (tertiary/aromatic N) is 2.